The zero-order valence-electron chi connectivity index (χ0n) is 19.4. The van der Waals surface area contributed by atoms with Crippen LogP contribution in [0.15, 0.2) is 53.7 Å². The van der Waals surface area contributed by atoms with Crippen molar-refractivity contribution < 1.29 is 24.0 Å². The van der Waals surface area contributed by atoms with Crippen LogP contribution in [-0.4, -0.2) is 46.3 Å². The number of ether oxygens (including phenoxy) is 1. The number of fused-ring (bicyclic) bond motifs is 1. The van der Waals surface area contributed by atoms with Crippen LogP contribution in [0.25, 0.3) is 10.9 Å². The summed E-state index contributed by atoms with van der Waals surface area (Å²) in [6.07, 6.45) is 1.59. The Morgan fingerprint density at radius 1 is 1.28 bits per heavy atom. The van der Waals surface area contributed by atoms with Crippen molar-refractivity contribution >= 4 is 57.5 Å². The monoisotopic (exact) mass is 511 g/mol. The maximum Gasteiger partial charge on any atom is 0.341 e. The van der Waals surface area contributed by atoms with Gasteiger partial charge < -0.3 is 15.4 Å². The molecule has 0 saturated heterocycles. The van der Waals surface area contributed by atoms with Crippen molar-refractivity contribution in [3.05, 3.63) is 69.4 Å². The van der Waals surface area contributed by atoms with Gasteiger partial charge in [-0.3, -0.25) is 24.3 Å². The molecule has 2 atom stereocenters. The number of aromatic nitrogens is 1. The number of nitrogens with one attached hydrogen (secondary N) is 2. The molecule has 2 heterocycles. The molecule has 186 valence electrons. The summed E-state index contributed by atoms with van der Waals surface area (Å²) >= 11 is 6.12. The quantitative estimate of drug-likeness (QED) is 0.272. The number of esters is 1. The zero-order chi connectivity index (χ0) is 26.0. The van der Waals surface area contributed by atoms with Crippen molar-refractivity contribution in [1.82, 2.24) is 9.88 Å². The van der Waals surface area contributed by atoms with Crippen LogP contribution in [0.5, 0.6) is 0 Å². The molecular weight excluding hydrogens is 490 g/mol. The highest BCUT2D eigenvalue weighted by Crippen LogP contribution is 2.34. The van der Waals surface area contributed by atoms with Gasteiger partial charge in [0.2, 0.25) is 5.91 Å². The van der Waals surface area contributed by atoms with Crippen LogP contribution in [0, 0.1) is 16.0 Å². The number of aliphatic imine (C=N–C) groups is 1. The summed E-state index contributed by atoms with van der Waals surface area (Å²) in [6.45, 7) is 3.28. The van der Waals surface area contributed by atoms with Crippen molar-refractivity contribution in [2.75, 3.05) is 18.5 Å². The summed E-state index contributed by atoms with van der Waals surface area (Å²) in [6, 6.07) is 9.64. The first-order chi connectivity index (χ1) is 17.2. The fourth-order valence-electron chi connectivity index (χ4n) is 4.19. The molecule has 1 aliphatic heterocycles. The van der Waals surface area contributed by atoms with E-state index in [0.717, 1.165) is 0 Å². The van der Waals surface area contributed by atoms with E-state index in [2.05, 4.69) is 15.6 Å². The molecule has 1 aliphatic rings. The molecule has 2 amide bonds. The Bertz CT molecular complexity index is 1420. The molecular formula is C24H22ClN5O6. The molecule has 2 aromatic carbocycles. The first kappa shape index (κ1) is 24.9. The lowest BCUT2D eigenvalue weighted by Gasteiger charge is -2.29. The summed E-state index contributed by atoms with van der Waals surface area (Å²) in [5.74, 6) is -1.73. The van der Waals surface area contributed by atoms with Crippen LogP contribution >= 0.6 is 11.6 Å². The van der Waals surface area contributed by atoms with Gasteiger partial charge in [0.25, 0.3) is 5.69 Å². The number of amides is 2. The van der Waals surface area contributed by atoms with Crippen LogP contribution < -0.4 is 10.6 Å². The number of carbonyl (C=O) groups excluding carboxylic acids is 3. The van der Waals surface area contributed by atoms with Crippen LogP contribution in [0.2, 0.25) is 5.02 Å². The van der Waals surface area contributed by atoms with E-state index in [4.69, 9.17) is 16.3 Å². The second-order valence-electron chi connectivity index (χ2n) is 8.05. The van der Waals surface area contributed by atoms with Crippen molar-refractivity contribution in [1.29, 1.82) is 0 Å². The number of urea groups is 1. The van der Waals surface area contributed by atoms with Gasteiger partial charge in [-0.15, -0.1) is 0 Å². The highest BCUT2D eigenvalue weighted by atomic mass is 35.5. The molecule has 36 heavy (non-hydrogen) atoms. The fourth-order valence-corrected chi connectivity index (χ4v) is 4.43. The predicted molar refractivity (Wildman–Crippen MR) is 134 cm³/mol. The Hall–Kier alpha value is -4.25. The number of para-hydroxylation sites is 1. The number of nitro benzene ring substituents is 1. The topological polar surface area (TPSA) is 145 Å². The molecule has 4 rings (SSSR count). The van der Waals surface area contributed by atoms with Crippen molar-refractivity contribution in [3.8, 4) is 0 Å². The van der Waals surface area contributed by atoms with Crippen LogP contribution in [-0.2, 0) is 9.53 Å². The first-order valence-corrected chi connectivity index (χ1v) is 11.4. The number of non-ortho nitro benzene ring substituents is 1. The van der Waals surface area contributed by atoms with Gasteiger partial charge in [-0.05, 0) is 26.0 Å². The number of rotatable bonds is 7. The summed E-state index contributed by atoms with van der Waals surface area (Å²) < 4.78 is 6.64. The molecule has 12 heteroatoms. The zero-order valence-corrected chi connectivity index (χ0v) is 20.1. The Balaban J connectivity index is 1.67. The number of hydrogen-bond acceptors (Lipinski definition) is 7. The summed E-state index contributed by atoms with van der Waals surface area (Å²) in [5.41, 5.74) is 1.66. The molecule has 2 unspecified atom stereocenters. The van der Waals surface area contributed by atoms with E-state index < -0.39 is 28.9 Å². The van der Waals surface area contributed by atoms with E-state index >= 15 is 0 Å². The largest absolute Gasteiger partial charge is 0.465 e. The molecule has 0 fully saturated rings. The minimum Gasteiger partial charge on any atom is -0.465 e. The van der Waals surface area contributed by atoms with Gasteiger partial charge in [-0.25, -0.2) is 9.79 Å². The predicted octanol–water partition coefficient (Wildman–Crippen LogP) is 4.36. The smallest absolute Gasteiger partial charge is 0.341 e. The number of anilines is 1. The van der Waals surface area contributed by atoms with E-state index in [1.807, 2.05) is 0 Å². The molecule has 0 saturated carbocycles. The van der Waals surface area contributed by atoms with Gasteiger partial charge in [0.05, 0.1) is 40.3 Å². The first-order valence-electron chi connectivity index (χ1n) is 11.0. The molecule has 11 nitrogen and oxygen atoms in total. The molecule has 2 N–H and O–H groups in total. The third-order valence-corrected chi connectivity index (χ3v) is 6.13. The molecule has 1 aromatic heterocycles. The average Bonchev–Trinajstić information content (AvgIpc) is 3.22. The van der Waals surface area contributed by atoms with Crippen LogP contribution in [0.1, 0.15) is 30.2 Å². The number of halogens is 1. The van der Waals surface area contributed by atoms with Crippen molar-refractivity contribution in [2.24, 2.45) is 10.9 Å². The fraction of sp³-hybridized carbons (Fsp3) is 0.250. The van der Waals surface area contributed by atoms with E-state index in [1.165, 1.54) is 22.8 Å². The standard InChI is InChI=1S/C24H22ClN5O6/c1-3-36-23(32)21-13(2)27-24(33)28-22(21)16-12-29(19-7-5-4-6-15(16)19)20(31)11-26-18-9-8-14(30(34)35)10-17(18)25/h4-10,12,21-22,26H,3,11H2,1-2H3,(H,28,33). The van der Waals surface area contributed by atoms with Gasteiger partial charge >= 0.3 is 12.0 Å². The number of nitro groups is 1. The van der Waals surface area contributed by atoms with E-state index in [1.54, 1.807) is 44.3 Å². The highest BCUT2D eigenvalue weighted by molar-refractivity contribution is 6.33. The Labute approximate surface area is 210 Å². The van der Waals surface area contributed by atoms with Gasteiger partial charge in [-0.1, -0.05) is 29.8 Å². The second-order valence-corrected chi connectivity index (χ2v) is 8.46. The third kappa shape index (κ3) is 4.78. The molecule has 0 bridgehead atoms. The maximum atomic E-state index is 13.2. The lowest BCUT2D eigenvalue weighted by Crippen LogP contribution is -2.44. The minimum absolute atomic E-state index is 0.104. The van der Waals surface area contributed by atoms with Gasteiger partial charge in [0.15, 0.2) is 0 Å². The number of benzene rings is 2. The summed E-state index contributed by atoms with van der Waals surface area (Å²) in [5, 5.41) is 17.3. The number of carbonyl (C=O) groups is 3. The second kappa shape index (κ2) is 10.2. The maximum absolute atomic E-state index is 13.2. The Morgan fingerprint density at radius 2 is 2.03 bits per heavy atom. The Kier molecular flexibility index (Phi) is 7.02. The third-order valence-electron chi connectivity index (χ3n) is 5.82. The number of nitrogens with zero attached hydrogens (tertiary/aromatic N) is 3. The SMILES string of the molecule is CCOC(=O)C1C(C)=NC(=O)NC1c1cn(C(=O)CNc2ccc([N+](=O)[O-])cc2Cl)c2ccccc12. The summed E-state index contributed by atoms with van der Waals surface area (Å²) in [4.78, 5) is 52.4. The lowest BCUT2D eigenvalue weighted by molar-refractivity contribution is -0.384. The Morgan fingerprint density at radius 3 is 2.72 bits per heavy atom. The van der Waals surface area contributed by atoms with E-state index in [0.29, 0.717) is 27.9 Å². The van der Waals surface area contributed by atoms with Gasteiger partial charge in [0, 0.05) is 35.0 Å². The van der Waals surface area contributed by atoms with Crippen molar-refractivity contribution in [2.45, 2.75) is 19.9 Å². The molecule has 0 radical (unpaired) electrons. The van der Waals surface area contributed by atoms with Gasteiger partial charge in [-0.2, -0.15) is 0 Å². The summed E-state index contributed by atoms with van der Waals surface area (Å²) in [7, 11) is 0. The molecule has 0 spiro atoms. The van der Waals surface area contributed by atoms with Gasteiger partial charge in [0.1, 0.15) is 5.92 Å². The molecule has 0 aliphatic carbocycles. The van der Waals surface area contributed by atoms with Crippen LogP contribution in [0.4, 0.5) is 16.2 Å². The minimum atomic E-state index is -0.853. The average molecular weight is 512 g/mol. The normalized spacial score (nSPS) is 17.3. The number of hydrogen-bond donors (Lipinski definition) is 2. The van der Waals surface area contributed by atoms with Crippen LogP contribution in [0.3, 0.4) is 0 Å². The lowest BCUT2D eigenvalue weighted by atomic mass is 9.88. The van der Waals surface area contributed by atoms with E-state index in [-0.39, 0.29) is 29.8 Å². The highest BCUT2D eigenvalue weighted by Gasteiger charge is 2.39. The van der Waals surface area contributed by atoms with E-state index in [9.17, 15) is 24.5 Å². The molecule has 3 aromatic rings. The van der Waals surface area contributed by atoms with Crippen molar-refractivity contribution in [3.63, 3.8) is 0 Å².